The second-order valence-electron chi connectivity index (χ2n) is 18.7. The van der Waals surface area contributed by atoms with E-state index in [1.165, 1.54) is 37.4 Å². The number of esters is 1. The molecule has 7 atom stereocenters. The highest BCUT2D eigenvalue weighted by Crippen LogP contribution is 2.42. The number of hydrogen-bond acceptors (Lipinski definition) is 14. The molecule has 1 saturated heterocycles. The third-order valence-electron chi connectivity index (χ3n) is 13.0. The summed E-state index contributed by atoms with van der Waals surface area (Å²) in [6.07, 6.45) is 5.44. The molecule has 2 aromatic rings. The van der Waals surface area contributed by atoms with Crippen LogP contribution in [0.4, 0.5) is 5.69 Å². The molecular weight excluding hydrogens is 948 g/mol. The number of unbranched alkanes of at least 4 members (excludes halogenated alkanes) is 1. The monoisotopic (exact) mass is 1020 g/mol. The minimum Gasteiger partial charge on any atom is -0.481 e. The number of rotatable bonds is 27. The van der Waals surface area contributed by atoms with E-state index in [0.717, 1.165) is 54.2 Å². The lowest BCUT2D eigenvalue weighted by atomic mass is 9.83. The molecular formula is C48H69N6O14PS. The van der Waals surface area contributed by atoms with Crippen LogP contribution in [0.2, 0.25) is 0 Å². The normalized spacial score (nSPS) is 17.9. The summed E-state index contributed by atoms with van der Waals surface area (Å²) >= 11 is 1.07. The Morgan fingerprint density at radius 2 is 1.70 bits per heavy atom. The highest BCUT2D eigenvalue weighted by atomic mass is 32.1. The topological polar surface area (TPSA) is 279 Å². The third-order valence-corrected chi connectivity index (χ3v) is 14.3. The van der Waals surface area contributed by atoms with Gasteiger partial charge in [0.15, 0.2) is 17.6 Å². The Labute approximate surface area is 413 Å². The first-order valence-electron chi connectivity index (χ1n) is 23.8. The van der Waals surface area contributed by atoms with Gasteiger partial charge < -0.3 is 29.9 Å². The van der Waals surface area contributed by atoms with Crippen LogP contribution in [0.1, 0.15) is 133 Å². The number of hydrogen-bond donors (Lipinski definition) is 5. The second kappa shape index (κ2) is 26.2. The van der Waals surface area contributed by atoms with Gasteiger partial charge in [-0.3, -0.25) is 57.9 Å². The number of phosphoric acid groups is 1. The average Bonchev–Trinajstić information content (AvgIpc) is 3.91. The van der Waals surface area contributed by atoms with E-state index < -0.39 is 73.4 Å². The van der Waals surface area contributed by atoms with E-state index in [4.69, 9.17) is 9.26 Å². The molecule has 5 N–H and O–H groups in total. The lowest BCUT2D eigenvalue weighted by molar-refractivity contribution is -0.150. The van der Waals surface area contributed by atoms with Crippen molar-refractivity contribution in [2.45, 2.75) is 136 Å². The molecule has 5 amide bonds. The highest BCUT2D eigenvalue weighted by Gasteiger charge is 2.38. The number of carboxylic acid groups (broad SMARTS) is 1. The maximum absolute atomic E-state index is 14.4. The van der Waals surface area contributed by atoms with Crippen molar-refractivity contribution >= 4 is 72.1 Å². The number of carboxylic acids is 1. The van der Waals surface area contributed by atoms with E-state index in [1.54, 1.807) is 11.9 Å². The first-order valence-corrected chi connectivity index (χ1v) is 26.2. The Morgan fingerprint density at radius 1 is 1.01 bits per heavy atom. The van der Waals surface area contributed by atoms with Crippen molar-refractivity contribution < 1.29 is 67.1 Å². The number of ether oxygens (including phenoxy) is 1. The van der Waals surface area contributed by atoms with Crippen LogP contribution < -0.4 is 15.2 Å². The lowest BCUT2D eigenvalue weighted by Gasteiger charge is -2.37. The number of benzene rings is 1. The zero-order chi connectivity index (χ0) is 52.0. The van der Waals surface area contributed by atoms with Gasteiger partial charge in [0, 0.05) is 75.3 Å². The van der Waals surface area contributed by atoms with Crippen molar-refractivity contribution in [3.05, 3.63) is 52.0 Å². The number of aromatic nitrogens is 1. The summed E-state index contributed by atoms with van der Waals surface area (Å²) < 4.78 is 22.5. The minimum absolute atomic E-state index is 0.0154. The summed E-state index contributed by atoms with van der Waals surface area (Å²) in [6, 6.07) is 2.50. The molecule has 3 heterocycles. The molecule has 4 rings (SSSR count). The van der Waals surface area contributed by atoms with Gasteiger partial charge in [-0.15, -0.1) is 11.3 Å². The maximum Gasteiger partial charge on any atom is 0.524 e. The van der Waals surface area contributed by atoms with Crippen LogP contribution in [-0.4, -0.2) is 127 Å². The fourth-order valence-corrected chi connectivity index (χ4v) is 10.1. The van der Waals surface area contributed by atoms with Crippen molar-refractivity contribution in [3.8, 4) is 5.75 Å². The lowest BCUT2D eigenvalue weighted by Crippen LogP contribution is -2.48. The quantitative estimate of drug-likeness (QED) is 0.0311. The molecule has 20 nitrogen and oxygen atoms in total. The first-order chi connectivity index (χ1) is 32.9. The van der Waals surface area contributed by atoms with Gasteiger partial charge in [-0.25, -0.2) is 9.55 Å². The molecule has 0 radical (unpaired) electrons. The van der Waals surface area contributed by atoms with E-state index in [-0.39, 0.29) is 96.8 Å². The number of amides is 5. The van der Waals surface area contributed by atoms with Crippen molar-refractivity contribution in [1.29, 1.82) is 0 Å². The van der Waals surface area contributed by atoms with Gasteiger partial charge in [-0.1, -0.05) is 53.5 Å². The maximum atomic E-state index is 14.4. The number of phosphoric ester groups is 1. The number of ketones is 1. The Morgan fingerprint density at radius 3 is 2.30 bits per heavy atom. The Hall–Kier alpha value is -5.34. The number of carbonyl (C=O) groups excluding carboxylic acids is 7. The van der Waals surface area contributed by atoms with Gasteiger partial charge in [0.2, 0.25) is 11.8 Å². The number of anilines is 1. The molecule has 0 aliphatic carbocycles. The predicted octanol–water partition coefficient (Wildman–Crippen LogP) is 5.68. The Bertz CT molecular complexity index is 2280. The van der Waals surface area contributed by atoms with Gasteiger partial charge >= 0.3 is 19.8 Å². The molecule has 1 unspecified atom stereocenters. The fraction of sp³-hybridized carbons (Fsp3) is 0.604. The molecule has 2 aliphatic heterocycles. The standard InChI is InChI=1S/C48H69N6O14PS/c1-9-29(4)34(25-39(56)37-14-10-12-20-52(37)7)47(61)53(8)38(28(2)3)26-41(67-31(6)55)46-51-36(27-70-46)45(60)49-33(22-30(5)48(62)63)23-32-16-17-40(68-69(64,65)66)35(24-32)50-42(57)15-11-13-21-54-43(58)18-19-44(54)59/h16-19,24,27-30,33-34,37-38,41H,9-15,20-23,25-26H2,1-8H3,(H,49,60)(H,50,57)(H,62,63)(H2,64,65,66)/t29-,30?,33+,34-,37+,38+,41+/m0/s1. The van der Waals surface area contributed by atoms with Crippen molar-refractivity contribution in [2.24, 2.45) is 23.7 Å². The summed E-state index contributed by atoms with van der Waals surface area (Å²) in [5.74, 6) is -6.07. The number of imide groups is 1. The summed E-state index contributed by atoms with van der Waals surface area (Å²) in [5.41, 5.74) is 0.259. The van der Waals surface area contributed by atoms with Gasteiger partial charge in [0.05, 0.1) is 17.6 Å². The summed E-state index contributed by atoms with van der Waals surface area (Å²) in [7, 11) is -1.46. The molecule has 1 aromatic carbocycles. The van der Waals surface area contributed by atoms with Gasteiger partial charge in [-0.05, 0) is 81.6 Å². The van der Waals surface area contributed by atoms with Crippen molar-refractivity contribution in [3.63, 3.8) is 0 Å². The van der Waals surface area contributed by atoms with Gasteiger partial charge in [-0.2, -0.15) is 0 Å². The Balaban J connectivity index is 1.52. The predicted molar refractivity (Wildman–Crippen MR) is 259 cm³/mol. The Kier molecular flexibility index (Phi) is 21.4. The number of likely N-dealkylation sites (N-methyl/N-ethyl adjacent to an activating group) is 1. The molecule has 2 aliphatic rings. The number of likely N-dealkylation sites (tertiary alicyclic amines) is 1. The number of nitrogens with zero attached hydrogens (tertiary/aromatic N) is 4. The number of carbonyl (C=O) groups is 8. The zero-order valence-corrected chi connectivity index (χ0v) is 43.0. The average molecular weight is 1020 g/mol. The number of thiazole rings is 1. The van der Waals surface area contributed by atoms with E-state index in [9.17, 15) is 57.8 Å². The molecule has 1 aromatic heterocycles. The van der Waals surface area contributed by atoms with Crippen LogP contribution in [-0.2, 0) is 49.3 Å². The van der Waals surface area contributed by atoms with E-state index >= 15 is 0 Å². The molecule has 22 heteroatoms. The number of nitrogens with one attached hydrogen (secondary N) is 2. The number of Topliss-reactive ketones (excluding diaryl/α,β-unsaturated/α-hetero) is 1. The zero-order valence-electron chi connectivity index (χ0n) is 41.3. The largest absolute Gasteiger partial charge is 0.524 e. The number of piperidine rings is 1. The minimum atomic E-state index is -5.10. The molecule has 1 fully saturated rings. The summed E-state index contributed by atoms with van der Waals surface area (Å²) in [4.78, 5) is 132. The molecule has 0 spiro atoms. The molecule has 0 bridgehead atoms. The van der Waals surface area contributed by atoms with Crippen LogP contribution in [0.25, 0.3) is 0 Å². The highest BCUT2D eigenvalue weighted by molar-refractivity contribution is 7.46. The fourth-order valence-electron chi connectivity index (χ4n) is 8.81. The van der Waals surface area contributed by atoms with Crippen LogP contribution in [0.15, 0.2) is 35.7 Å². The summed E-state index contributed by atoms with van der Waals surface area (Å²) in [6.45, 7) is 11.5. The van der Waals surface area contributed by atoms with Crippen LogP contribution in [0, 0.1) is 23.7 Å². The second-order valence-corrected chi connectivity index (χ2v) is 20.8. The van der Waals surface area contributed by atoms with Crippen molar-refractivity contribution in [1.82, 2.24) is 25.0 Å². The van der Waals surface area contributed by atoms with Crippen molar-refractivity contribution in [2.75, 3.05) is 32.5 Å². The third kappa shape index (κ3) is 16.9. The van der Waals surface area contributed by atoms with Crippen LogP contribution >= 0.6 is 19.2 Å². The van der Waals surface area contributed by atoms with E-state index in [2.05, 4.69) is 20.5 Å². The van der Waals surface area contributed by atoms with Crippen LogP contribution in [0.5, 0.6) is 5.75 Å². The van der Waals surface area contributed by atoms with Gasteiger partial charge in [0.1, 0.15) is 10.7 Å². The first kappa shape index (κ1) is 57.2. The number of aliphatic carboxylic acids is 1. The van der Waals surface area contributed by atoms with Crippen LogP contribution in [0.3, 0.4) is 0 Å². The molecule has 386 valence electrons. The molecule has 70 heavy (non-hydrogen) atoms. The summed E-state index contributed by atoms with van der Waals surface area (Å²) in [5, 5.41) is 17.0. The SMILES string of the molecule is CC[C@H](C)[C@H](CC(=O)[C@H]1CCCCN1C)C(=O)N(C)[C@H](C[C@@H](OC(C)=O)c1nc(C(=O)N[C@@H](Cc2ccc(OP(=O)(O)O)c(NC(=O)CCCCN3C(=O)C=CC3=O)c2)CC(C)C(=O)O)cs1)C(C)C. The smallest absolute Gasteiger partial charge is 0.481 e. The van der Waals surface area contributed by atoms with E-state index in [1.807, 2.05) is 34.7 Å². The molecule has 0 saturated carbocycles. The van der Waals surface area contributed by atoms with Gasteiger partial charge in [0.25, 0.3) is 17.7 Å². The van der Waals surface area contributed by atoms with E-state index in [0.29, 0.717) is 18.4 Å².